The number of hydrazine groups is 1. The molecule has 0 aliphatic carbocycles. The topological polar surface area (TPSA) is 31.2 Å². The molecular weight excluding hydrogens is 128 g/mol. The van der Waals surface area contributed by atoms with Gasteiger partial charge in [-0.25, -0.2) is 0 Å². The van der Waals surface area contributed by atoms with Crippen LogP contribution in [0.4, 0.5) is 0 Å². The molecule has 0 radical (unpaired) electrons. The Labute approximate surface area is 60.8 Å². The van der Waals surface area contributed by atoms with Crippen molar-refractivity contribution in [3.05, 3.63) is 11.4 Å². The molecule has 0 bridgehead atoms. The van der Waals surface area contributed by atoms with Crippen LogP contribution in [0.2, 0.25) is 0 Å². The lowest BCUT2D eigenvalue weighted by molar-refractivity contribution is 0.0474. The van der Waals surface area contributed by atoms with Crippen LogP contribution in [0, 0.1) is 0 Å². The summed E-state index contributed by atoms with van der Waals surface area (Å²) in [5, 5.41) is 11.4. The highest BCUT2D eigenvalue weighted by molar-refractivity contribution is 5.06. The van der Waals surface area contributed by atoms with Crippen molar-refractivity contribution in [1.29, 1.82) is 0 Å². The third kappa shape index (κ3) is 0.964. The highest BCUT2D eigenvalue weighted by atomic mass is 15.8. The van der Waals surface area contributed by atoms with Gasteiger partial charge in [-0.05, 0) is 13.8 Å². The van der Waals surface area contributed by atoms with E-state index in [2.05, 4.69) is 10.3 Å². The predicted molar refractivity (Wildman–Crippen MR) is 38.8 cm³/mol. The van der Waals surface area contributed by atoms with E-state index in [-0.39, 0.29) is 0 Å². The van der Waals surface area contributed by atoms with E-state index < -0.39 is 0 Å². The van der Waals surface area contributed by atoms with Crippen molar-refractivity contribution in [2.45, 2.75) is 13.8 Å². The molecule has 0 spiro atoms. The van der Waals surface area contributed by atoms with Crippen LogP contribution in [0.25, 0.3) is 0 Å². The number of hydrogen-bond acceptors (Lipinski definition) is 4. The first-order valence-electron chi connectivity index (χ1n) is 3.19. The van der Waals surface area contributed by atoms with Gasteiger partial charge in [0.1, 0.15) is 0 Å². The summed E-state index contributed by atoms with van der Waals surface area (Å²) in [6.07, 6.45) is 0. The molecule has 1 aliphatic rings. The molecule has 0 atom stereocenters. The normalized spacial score (nSPS) is 18.8. The van der Waals surface area contributed by atoms with Crippen LogP contribution in [-0.2, 0) is 0 Å². The van der Waals surface area contributed by atoms with Crippen LogP contribution in [0.15, 0.2) is 21.7 Å². The standard InChI is InChI=1S/C6H12N4/c1-5-6(2)9(3)10(4)8-7-5/h1-4H3. The van der Waals surface area contributed by atoms with Crippen molar-refractivity contribution in [3.63, 3.8) is 0 Å². The van der Waals surface area contributed by atoms with Crippen molar-refractivity contribution >= 4 is 0 Å². The molecule has 10 heavy (non-hydrogen) atoms. The van der Waals surface area contributed by atoms with E-state index in [9.17, 15) is 0 Å². The second-order valence-electron chi connectivity index (χ2n) is 2.37. The Kier molecular flexibility index (Phi) is 1.61. The van der Waals surface area contributed by atoms with Crippen LogP contribution < -0.4 is 0 Å². The van der Waals surface area contributed by atoms with Crippen LogP contribution in [0.5, 0.6) is 0 Å². The maximum atomic E-state index is 3.93. The van der Waals surface area contributed by atoms with Gasteiger partial charge in [0.2, 0.25) is 0 Å². The number of hydrogen-bond donors (Lipinski definition) is 0. The van der Waals surface area contributed by atoms with Crippen LogP contribution in [0.3, 0.4) is 0 Å². The number of nitrogens with zero attached hydrogens (tertiary/aromatic N) is 4. The Bertz CT molecular complexity index is 194. The van der Waals surface area contributed by atoms with E-state index in [0.29, 0.717) is 0 Å². The zero-order valence-electron chi connectivity index (χ0n) is 6.79. The monoisotopic (exact) mass is 140 g/mol. The summed E-state index contributed by atoms with van der Waals surface area (Å²) in [6, 6.07) is 0. The zero-order valence-corrected chi connectivity index (χ0v) is 6.79. The lowest BCUT2D eigenvalue weighted by atomic mass is 10.4. The smallest absolute Gasteiger partial charge is 0.0825 e. The van der Waals surface area contributed by atoms with Gasteiger partial charge in [-0.3, -0.25) is 5.01 Å². The summed E-state index contributed by atoms with van der Waals surface area (Å²) in [6.45, 7) is 3.96. The molecule has 56 valence electrons. The van der Waals surface area contributed by atoms with Gasteiger partial charge in [-0.1, -0.05) is 5.22 Å². The molecule has 0 aromatic carbocycles. The van der Waals surface area contributed by atoms with Gasteiger partial charge >= 0.3 is 0 Å². The van der Waals surface area contributed by atoms with E-state index in [1.165, 1.54) is 0 Å². The van der Waals surface area contributed by atoms with E-state index in [4.69, 9.17) is 0 Å². The van der Waals surface area contributed by atoms with Crippen LogP contribution in [0.1, 0.15) is 13.8 Å². The highest BCUT2D eigenvalue weighted by Gasteiger charge is 2.10. The van der Waals surface area contributed by atoms with Crippen molar-refractivity contribution < 1.29 is 0 Å². The average molecular weight is 140 g/mol. The average Bonchev–Trinajstić information content (AvgIpc) is 1.93. The molecule has 4 nitrogen and oxygen atoms in total. The molecule has 0 N–H and O–H groups in total. The Morgan fingerprint density at radius 1 is 1.20 bits per heavy atom. The number of rotatable bonds is 0. The maximum absolute atomic E-state index is 3.93. The molecule has 1 aliphatic heterocycles. The predicted octanol–water partition coefficient (Wildman–Crippen LogP) is 1.40. The molecule has 0 amide bonds. The lowest BCUT2D eigenvalue weighted by Crippen LogP contribution is -2.32. The first-order chi connectivity index (χ1) is 4.63. The van der Waals surface area contributed by atoms with Crippen LogP contribution in [-0.4, -0.2) is 24.2 Å². The van der Waals surface area contributed by atoms with Crippen molar-refractivity contribution in [2.24, 2.45) is 10.3 Å². The summed E-state index contributed by atoms with van der Waals surface area (Å²) >= 11 is 0. The largest absolute Gasteiger partial charge is 0.274 e. The zero-order chi connectivity index (χ0) is 7.72. The third-order valence-electron chi connectivity index (χ3n) is 1.77. The molecule has 0 saturated carbocycles. The quantitative estimate of drug-likeness (QED) is 0.509. The highest BCUT2D eigenvalue weighted by Crippen LogP contribution is 2.16. The lowest BCUT2D eigenvalue weighted by Gasteiger charge is -2.30. The van der Waals surface area contributed by atoms with E-state index in [1.807, 2.05) is 33.0 Å². The van der Waals surface area contributed by atoms with Gasteiger partial charge < -0.3 is 0 Å². The van der Waals surface area contributed by atoms with E-state index in [0.717, 1.165) is 11.4 Å². The fourth-order valence-corrected chi connectivity index (χ4v) is 0.715. The van der Waals surface area contributed by atoms with Gasteiger partial charge in [-0.2, -0.15) is 5.12 Å². The second kappa shape index (κ2) is 2.28. The minimum Gasteiger partial charge on any atom is -0.274 e. The SMILES string of the molecule is CC1=C(C)N(C)N(C)N=N1. The maximum Gasteiger partial charge on any atom is 0.0825 e. The van der Waals surface area contributed by atoms with E-state index in [1.54, 1.807) is 5.12 Å². The Balaban J connectivity index is 2.88. The second-order valence-corrected chi connectivity index (χ2v) is 2.37. The summed E-state index contributed by atoms with van der Waals surface area (Å²) in [5.41, 5.74) is 2.11. The molecule has 1 heterocycles. The van der Waals surface area contributed by atoms with Gasteiger partial charge in [0.15, 0.2) is 0 Å². The Morgan fingerprint density at radius 3 is 2.30 bits per heavy atom. The minimum atomic E-state index is 0.973. The third-order valence-corrected chi connectivity index (χ3v) is 1.77. The van der Waals surface area contributed by atoms with Crippen molar-refractivity contribution in [1.82, 2.24) is 10.1 Å². The summed E-state index contributed by atoms with van der Waals surface area (Å²) in [7, 11) is 3.82. The van der Waals surface area contributed by atoms with Crippen molar-refractivity contribution in [3.8, 4) is 0 Å². The van der Waals surface area contributed by atoms with Crippen molar-refractivity contribution in [2.75, 3.05) is 14.1 Å². The van der Waals surface area contributed by atoms with Gasteiger partial charge in [-0.15, -0.1) is 5.11 Å². The van der Waals surface area contributed by atoms with Gasteiger partial charge in [0.25, 0.3) is 0 Å². The minimum absolute atomic E-state index is 0.973. The molecule has 0 unspecified atom stereocenters. The van der Waals surface area contributed by atoms with Crippen LogP contribution >= 0.6 is 0 Å². The molecule has 4 heteroatoms. The fourth-order valence-electron chi connectivity index (χ4n) is 0.715. The Morgan fingerprint density at radius 2 is 1.80 bits per heavy atom. The summed E-state index contributed by atoms with van der Waals surface area (Å²) in [5.74, 6) is 0. The summed E-state index contributed by atoms with van der Waals surface area (Å²) in [4.78, 5) is 0. The number of allylic oxidation sites excluding steroid dienone is 2. The Hall–Kier alpha value is -1.06. The first-order valence-corrected chi connectivity index (χ1v) is 3.19. The summed E-state index contributed by atoms with van der Waals surface area (Å²) < 4.78 is 0. The van der Waals surface area contributed by atoms with Gasteiger partial charge in [0, 0.05) is 14.1 Å². The molecule has 1 rings (SSSR count). The molecule has 0 fully saturated rings. The molecule has 0 aromatic rings. The van der Waals surface area contributed by atoms with E-state index >= 15 is 0 Å². The fraction of sp³-hybridized carbons (Fsp3) is 0.667. The molecular formula is C6H12N4. The van der Waals surface area contributed by atoms with Gasteiger partial charge in [0.05, 0.1) is 11.4 Å². The molecule has 0 aromatic heterocycles. The molecule has 0 saturated heterocycles. The first kappa shape index (κ1) is 7.05.